The summed E-state index contributed by atoms with van der Waals surface area (Å²) >= 11 is 0. The number of rotatable bonds is 4. The van der Waals surface area contributed by atoms with E-state index in [2.05, 4.69) is 0 Å². The van der Waals surface area contributed by atoms with E-state index in [1.165, 1.54) is 6.08 Å². The summed E-state index contributed by atoms with van der Waals surface area (Å²) < 4.78 is 0. The van der Waals surface area contributed by atoms with Gasteiger partial charge in [-0.25, -0.2) is 0 Å². The van der Waals surface area contributed by atoms with Gasteiger partial charge in [0.25, 0.3) is 0 Å². The van der Waals surface area contributed by atoms with Gasteiger partial charge >= 0.3 is 0 Å². The van der Waals surface area contributed by atoms with Crippen molar-refractivity contribution in [2.24, 2.45) is 5.73 Å². The van der Waals surface area contributed by atoms with Crippen molar-refractivity contribution in [1.82, 2.24) is 0 Å². The third kappa shape index (κ3) is 5.03. The fraction of sp³-hybridized carbons (Fsp3) is 0.429. The number of primary amides is 1. The highest BCUT2D eigenvalue weighted by molar-refractivity contribution is 5.96. The molecule has 0 bridgehead atoms. The zero-order valence-electron chi connectivity index (χ0n) is 5.96. The molecule has 3 heteroatoms. The smallest absolute Gasteiger partial charge is 0.241 e. The standard InChI is InChI=1S/C7H11NO2/c1-2-3-6(9)4-5-7(8)10/h4-5H,2-3H2,1H3,(H2,8,10)/b5-4+. The maximum absolute atomic E-state index is 10.7. The molecule has 2 N–H and O–H groups in total. The molecule has 10 heavy (non-hydrogen) atoms. The summed E-state index contributed by atoms with van der Waals surface area (Å²) in [5, 5.41) is 0. The van der Waals surface area contributed by atoms with E-state index in [9.17, 15) is 9.59 Å². The van der Waals surface area contributed by atoms with E-state index in [-0.39, 0.29) is 5.78 Å². The van der Waals surface area contributed by atoms with E-state index in [4.69, 9.17) is 5.73 Å². The predicted octanol–water partition coefficient (Wildman–Crippen LogP) is 0.397. The number of hydrogen-bond donors (Lipinski definition) is 1. The Hall–Kier alpha value is -1.12. The minimum atomic E-state index is -0.579. The van der Waals surface area contributed by atoms with Crippen molar-refractivity contribution in [2.75, 3.05) is 0 Å². The Morgan fingerprint density at radius 2 is 2.00 bits per heavy atom. The van der Waals surface area contributed by atoms with E-state index >= 15 is 0 Å². The molecule has 0 unspecified atom stereocenters. The van der Waals surface area contributed by atoms with Crippen molar-refractivity contribution in [1.29, 1.82) is 0 Å². The Kier molecular flexibility index (Phi) is 4.20. The number of ketones is 1. The van der Waals surface area contributed by atoms with Gasteiger partial charge in [0, 0.05) is 12.5 Å². The number of nitrogens with two attached hydrogens (primary N) is 1. The van der Waals surface area contributed by atoms with Crippen LogP contribution in [0.2, 0.25) is 0 Å². The lowest BCUT2D eigenvalue weighted by molar-refractivity contribution is -0.116. The summed E-state index contributed by atoms with van der Waals surface area (Å²) in [6.45, 7) is 1.90. The molecule has 56 valence electrons. The number of carbonyl (C=O) groups excluding carboxylic acids is 2. The Labute approximate surface area is 59.9 Å². The number of hydrogen-bond acceptors (Lipinski definition) is 2. The van der Waals surface area contributed by atoms with Crippen molar-refractivity contribution in [3.05, 3.63) is 12.2 Å². The Morgan fingerprint density at radius 1 is 1.40 bits per heavy atom. The highest BCUT2D eigenvalue weighted by atomic mass is 16.1. The molecule has 0 saturated carbocycles. The average molecular weight is 141 g/mol. The molecule has 0 spiro atoms. The van der Waals surface area contributed by atoms with Gasteiger partial charge in [0.05, 0.1) is 0 Å². The van der Waals surface area contributed by atoms with E-state index in [0.717, 1.165) is 12.5 Å². The molecule has 0 aliphatic heterocycles. The van der Waals surface area contributed by atoms with Gasteiger partial charge in [0.1, 0.15) is 0 Å². The quantitative estimate of drug-likeness (QED) is 0.576. The molecule has 0 heterocycles. The summed E-state index contributed by atoms with van der Waals surface area (Å²) in [6, 6.07) is 0. The van der Waals surface area contributed by atoms with E-state index in [1.807, 2.05) is 6.92 Å². The van der Waals surface area contributed by atoms with Crippen LogP contribution in [0.25, 0.3) is 0 Å². The lowest BCUT2D eigenvalue weighted by atomic mass is 10.2. The Balaban J connectivity index is 3.67. The summed E-state index contributed by atoms with van der Waals surface area (Å²) in [5.74, 6) is -0.634. The van der Waals surface area contributed by atoms with E-state index in [0.29, 0.717) is 6.42 Å². The van der Waals surface area contributed by atoms with Gasteiger partial charge in [-0.3, -0.25) is 9.59 Å². The first-order valence-electron chi connectivity index (χ1n) is 3.17. The topological polar surface area (TPSA) is 60.2 Å². The maximum Gasteiger partial charge on any atom is 0.241 e. The van der Waals surface area contributed by atoms with Crippen molar-refractivity contribution < 1.29 is 9.59 Å². The summed E-state index contributed by atoms with van der Waals surface area (Å²) in [6.07, 6.45) is 3.57. The monoisotopic (exact) mass is 141 g/mol. The van der Waals surface area contributed by atoms with Crippen LogP contribution in [0.3, 0.4) is 0 Å². The van der Waals surface area contributed by atoms with Gasteiger partial charge in [0.2, 0.25) is 5.91 Å². The second-order valence-electron chi connectivity index (χ2n) is 1.95. The Bertz CT molecular complexity index is 161. The molecule has 0 aliphatic carbocycles. The van der Waals surface area contributed by atoms with Gasteiger partial charge in [-0.15, -0.1) is 0 Å². The lowest BCUT2D eigenvalue weighted by Gasteiger charge is -1.86. The minimum Gasteiger partial charge on any atom is -0.366 e. The first-order valence-corrected chi connectivity index (χ1v) is 3.17. The molecule has 0 aromatic carbocycles. The van der Waals surface area contributed by atoms with Crippen LogP contribution in [-0.4, -0.2) is 11.7 Å². The molecule has 0 radical (unpaired) electrons. The zero-order valence-corrected chi connectivity index (χ0v) is 5.96. The fourth-order valence-corrected chi connectivity index (χ4v) is 0.505. The van der Waals surface area contributed by atoms with Crippen molar-refractivity contribution >= 4 is 11.7 Å². The van der Waals surface area contributed by atoms with Crippen LogP contribution in [0, 0.1) is 0 Å². The fourth-order valence-electron chi connectivity index (χ4n) is 0.505. The Morgan fingerprint density at radius 3 is 2.40 bits per heavy atom. The minimum absolute atomic E-state index is 0.0544. The summed E-state index contributed by atoms with van der Waals surface area (Å²) in [4.78, 5) is 20.7. The largest absolute Gasteiger partial charge is 0.366 e. The summed E-state index contributed by atoms with van der Waals surface area (Å²) in [7, 11) is 0. The molecule has 0 aromatic heterocycles. The molecule has 0 aromatic rings. The van der Waals surface area contributed by atoms with Crippen molar-refractivity contribution in [3.63, 3.8) is 0 Å². The second kappa shape index (κ2) is 4.73. The van der Waals surface area contributed by atoms with Crippen LogP contribution in [-0.2, 0) is 9.59 Å². The molecule has 0 fully saturated rings. The van der Waals surface area contributed by atoms with Crippen LogP contribution in [0.15, 0.2) is 12.2 Å². The van der Waals surface area contributed by atoms with Crippen LogP contribution in [0.1, 0.15) is 19.8 Å². The molecule has 0 aliphatic rings. The average Bonchev–Trinajstić information content (AvgIpc) is 1.85. The van der Waals surface area contributed by atoms with Crippen LogP contribution >= 0.6 is 0 Å². The molecule has 3 nitrogen and oxygen atoms in total. The number of carbonyl (C=O) groups is 2. The molecule has 1 amide bonds. The van der Waals surface area contributed by atoms with Gasteiger partial charge in [-0.2, -0.15) is 0 Å². The molecular weight excluding hydrogens is 130 g/mol. The molecular formula is C7H11NO2. The second-order valence-corrected chi connectivity index (χ2v) is 1.95. The van der Waals surface area contributed by atoms with Crippen LogP contribution in [0.4, 0.5) is 0 Å². The maximum atomic E-state index is 10.7. The highest BCUT2D eigenvalue weighted by Crippen LogP contribution is 1.89. The van der Waals surface area contributed by atoms with Crippen LogP contribution in [0.5, 0.6) is 0 Å². The first-order chi connectivity index (χ1) is 4.66. The zero-order chi connectivity index (χ0) is 7.98. The van der Waals surface area contributed by atoms with Gasteiger partial charge < -0.3 is 5.73 Å². The van der Waals surface area contributed by atoms with Crippen LogP contribution < -0.4 is 5.73 Å². The van der Waals surface area contributed by atoms with Gasteiger partial charge in [0.15, 0.2) is 5.78 Å². The van der Waals surface area contributed by atoms with Gasteiger partial charge in [-0.05, 0) is 12.5 Å². The summed E-state index contributed by atoms with van der Waals surface area (Å²) in [5.41, 5.74) is 4.76. The molecule has 0 saturated heterocycles. The molecule has 0 rings (SSSR count). The lowest BCUT2D eigenvalue weighted by Crippen LogP contribution is -2.06. The molecule has 0 atom stereocenters. The normalized spacial score (nSPS) is 10.1. The van der Waals surface area contributed by atoms with E-state index in [1.54, 1.807) is 0 Å². The third-order valence-electron chi connectivity index (χ3n) is 0.930. The number of amides is 1. The van der Waals surface area contributed by atoms with E-state index < -0.39 is 5.91 Å². The van der Waals surface area contributed by atoms with Crippen molar-refractivity contribution in [3.8, 4) is 0 Å². The van der Waals surface area contributed by atoms with Crippen molar-refractivity contribution in [2.45, 2.75) is 19.8 Å². The number of allylic oxidation sites excluding steroid dienone is 1. The highest BCUT2D eigenvalue weighted by Gasteiger charge is 1.92. The predicted molar refractivity (Wildman–Crippen MR) is 38.2 cm³/mol. The van der Waals surface area contributed by atoms with Gasteiger partial charge in [-0.1, -0.05) is 6.92 Å². The SMILES string of the molecule is CCCC(=O)/C=C/C(N)=O. The first kappa shape index (κ1) is 8.88. The third-order valence-corrected chi connectivity index (χ3v) is 0.930.